The van der Waals surface area contributed by atoms with Crippen LogP contribution in [0.15, 0.2) is 36.5 Å². The number of benzene rings is 1. The fourth-order valence-electron chi connectivity index (χ4n) is 1.94. The maximum Gasteiger partial charge on any atom is 0.379 e. The number of hydrogen-bond acceptors (Lipinski definition) is 4. The number of esters is 1. The van der Waals surface area contributed by atoms with E-state index < -0.39 is 11.8 Å². The number of Topliss-reactive ketones (excluding diaryl/α,β-unsaturated/α-hetero) is 1. The Kier molecular flexibility index (Phi) is 4.33. The van der Waals surface area contributed by atoms with Crippen LogP contribution in [-0.4, -0.2) is 29.2 Å². The molecule has 1 heterocycles. The van der Waals surface area contributed by atoms with Gasteiger partial charge in [-0.1, -0.05) is 17.7 Å². The number of hydrogen-bond donors (Lipinski definition) is 0. The molecule has 0 bridgehead atoms. The molecular formula is C16H15NO4. The van der Waals surface area contributed by atoms with Gasteiger partial charge in [-0.15, -0.1) is 0 Å². The highest BCUT2D eigenvalue weighted by atomic mass is 16.5. The monoisotopic (exact) mass is 285 g/mol. The lowest BCUT2D eigenvalue weighted by atomic mass is 10.2. The van der Waals surface area contributed by atoms with E-state index in [1.807, 2.05) is 31.2 Å². The Labute approximate surface area is 122 Å². The van der Waals surface area contributed by atoms with E-state index in [9.17, 15) is 14.4 Å². The minimum Gasteiger partial charge on any atom is -0.460 e. The molecule has 5 nitrogen and oxygen atoms in total. The lowest BCUT2D eigenvalue weighted by Gasteiger charge is -2.05. The molecule has 0 saturated carbocycles. The second-order valence-electron chi connectivity index (χ2n) is 4.53. The maximum atomic E-state index is 11.9. The molecule has 0 aliphatic rings. The zero-order valence-electron chi connectivity index (χ0n) is 11.8. The summed E-state index contributed by atoms with van der Waals surface area (Å²) in [6.07, 6.45) is 2.11. The van der Waals surface area contributed by atoms with E-state index in [1.165, 1.54) is 12.3 Å². The summed E-state index contributed by atoms with van der Waals surface area (Å²) in [5.41, 5.74) is 2.26. The van der Waals surface area contributed by atoms with Crippen molar-refractivity contribution in [2.45, 2.75) is 13.8 Å². The molecule has 0 radical (unpaired) electrons. The van der Waals surface area contributed by atoms with Gasteiger partial charge in [0.15, 0.2) is 6.29 Å². The molecule has 0 aliphatic heterocycles. The molecule has 1 aromatic carbocycles. The number of nitrogens with zero attached hydrogens (tertiary/aromatic N) is 1. The largest absolute Gasteiger partial charge is 0.460 e. The predicted octanol–water partition coefficient (Wildman–Crippen LogP) is 2.34. The Bertz CT molecular complexity index is 683. The minimum atomic E-state index is -0.920. The summed E-state index contributed by atoms with van der Waals surface area (Å²) in [4.78, 5) is 34.5. The molecular weight excluding hydrogens is 270 g/mol. The Balaban J connectivity index is 2.40. The minimum absolute atomic E-state index is 0.129. The van der Waals surface area contributed by atoms with Crippen molar-refractivity contribution in [3.8, 4) is 5.69 Å². The zero-order chi connectivity index (χ0) is 15.4. The van der Waals surface area contributed by atoms with Gasteiger partial charge < -0.3 is 9.30 Å². The number of aryl methyl sites for hydroxylation is 1. The summed E-state index contributed by atoms with van der Waals surface area (Å²) in [7, 11) is 0. The normalized spacial score (nSPS) is 10.2. The molecule has 0 unspecified atom stereocenters. The predicted molar refractivity (Wildman–Crippen MR) is 76.9 cm³/mol. The molecule has 0 saturated heterocycles. The molecule has 0 amide bonds. The van der Waals surface area contributed by atoms with E-state index in [4.69, 9.17) is 0 Å². The number of ketones is 1. The molecule has 0 aliphatic carbocycles. The van der Waals surface area contributed by atoms with Crippen LogP contribution < -0.4 is 0 Å². The molecule has 5 heteroatoms. The second kappa shape index (κ2) is 6.17. The first-order valence-electron chi connectivity index (χ1n) is 6.53. The van der Waals surface area contributed by atoms with Gasteiger partial charge in [0, 0.05) is 17.4 Å². The molecule has 0 N–H and O–H groups in total. The highest BCUT2D eigenvalue weighted by Crippen LogP contribution is 2.16. The van der Waals surface area contributed by atoms with Crippen molar-refractivity contribution in [2.75, 3.05) is 6.61 Å². The van der Waals surface area contributed by atoms with E-state index in [2.05, 4.69) is 4.74 Å². The van der Waals surface area contributed by atoms with Crippen molar-refractivity contribution in [1.82, 2.24) is 4.57 Å². The molecule has 108 valence electrons. The summed E-state index contributed by atoms with van der Waals surface area (Å²) < 4.78 is 6.24. The van der Waals surface area contributed by atoms with E-state index in [-0.39, 0.29) is 12.2 Å². The van der Waals surface area contributed by atoms with Gasteiger partial charge in [-0.25, -0.2) is 4.79 Å². The summed E-state index contributed by atoms with van der Waals surface area (Å²) in [5.74, 6) is -1.68. The van der Waals surface area contributed by atoms with Crippen molar-refractivity contribution in [3.63, 3.8) is 0 Å². The third-order valence-corrected chi connectivity index (χ3v) is 3.01. The summed E-state index contributed by atoms with van der Waals surface area (Å²) >= 11 is 0. The van der Waals surface area contributed by atoms with Crippen LogP contribution in [0.1, 0.15) is 33.3 Å². The van der Waals surface area contributed by atoms with E-state index >= 15 is 0 Å². The third kappa shape index (κ3) is 3.08. The van der Waals surface area contributed by atoms with Crippen LogP contribution in [0.2, 0.25) is 0 Å². The van der Waals surface area contributed by atoms with Gasteiger partial charge in [0.2, 0.25) is 0 Å². The van der Waals surface area contributed by atoms with Gasteiger partial charge in [0.25, 0.3) is 5.78 Å². The van der Waals surface area contributed by atoms with Crippen molar-refractivity contribution >= 4 is 18.0 Å². The van der Waals surface area contributed by atoms with Crippen LogP contribution in [0.5, 0.6) is 0 Å². The SMILES string of the molecule is CCOC(=O)C(=O)c1cc(C=O)n(-c2ccc(C)cc2)c1. The smallest absolute Gasteiger partial charge is 0.379 e. The number of aldehydes is 1. The Morgan fingerprint density at radius 1 is 1.24 bits per heavy atom. The quantitative estimate of drug-likeness (QED) is 0.366. The fourth-order valence-corrected chi connectivity index (χ4v) is 1.94. The Morgan fingerprint density at radius 3 is 2.48 bits per heavy atom. The lowest BCUT2D eigenvalue weighted by Crippen LogP contribution is -2.16. The fraction of sp³-hybridized carbons (Fsp3) is 0.188. The number of aromatic nitrogens is 1. The molecule has 1 aromatic heterocycles. The first-order chi connectivity index (χ1) is 10.1. The highest BCUT2D eigenvalue weighted by molar-refractivity contribution is 6.40. The van der Waals surface area contributed by atoms with Crippen LogP contribution in [0, 0.1) is 6.92 Å². The molecule has 2 rings (SSSR count). The first-order valence-corrected chi connectivity index (χ1v) is 6.53. The van der Waals surface area contributed by atoms with Crippen LogP contribution >= 0.6 is 0 Å². The standard InChI is InChI=1S/C16H15NO4/c1-3-21-16(20)15(19)12-8-14(10-18)17(9-12)13-6-4-11(2)5-7-13/h4-10H,3H2,1-2H3. The average Bonchev–Trinajstić information content (AvgIpc) is 2.91. The number of rotatable bonds is 5. The molecule has 21 heavy (non-hydrogen) atoms. The number of carbonyl (C=O) groups excluding carboxylic acids is 3. The zero-order valence-corrected chi connectivity index (χ0v) is 11.8. The molecule has 0 atom stereocenters. The maximum absolute atomic E-state index is 11.9. The van der Waals surface area contributed by atoms with Gasteiger partial charge in [-0.2, -0.15) is 0 Å². The van der Waals surface area contributed by atoms with Gasteiger partial charge in [-0.3, -0.25) is 9.59 Å². The summed E-state index contributed by atoms with van der Waals surface area (Å²) in [5, 5.41) is 0. The highest BCUT2D eigenvalue weighted by Gasteiger charge is 2.20. The van der Waals surface area contributed by atoms with Gasteiger partial charge in [0.1, 0.15) is 0 Å². The van der Waals surface area contributed by atoms with Gasteiger partial charge in [0.05, 0.1) is 12.3 Å². The van der Waals surface area contributed by atoms with Crippen molar-refractivity contribution in [1.29, 1.82) is 0 Å². The first kappa shape index (κ1) is 14.7. The van der Waals surface area contributed by atoms with Crippen LogP contribution in [-0.2, 0) is 9.53 Å². The Morgan fingerprint density at radius 2 is 1.90 bits per heavy atom. The van der Waals surface area contributed by atoms with Gasteiger partial charge >= 0.3 is 5.97 Å². The van der Waals surface area contributed by atoms with Crippen molar-refractivity contribution in [3.05, 3.63) is 53.3 Å². The Hall–Kier alpha value is -2.69. The van der Waals surface area contributed by atoms with E-state index in [0.717, 1.165) is 11.3 Å². The lowest BCUT2D eigenvalue weighted by molar-refractivity contribution is -0.137. The van der Waals surface area contributed by atoms with Crippen molar-refractivity contribution in [2.24, 2.45) is 0 Å². The third-order valence-electron chi connectivity index (χ3n) is 3.01. The summed E-state index contributed by atoms with van der Waals surface area (Å²) in [6, 6.07) is 8.85. The van der Waals surface area contributed by atoms with E-state index in [0.29, 0.717) is 12.0 Å². The van der Waals surface area contributed by atoms with Crippen LogP contribution in [0.3, 0.4) is 0 Å². The second-order valence-corrected chi connectivity index (χ2v) is 4.53. The molecule has 0 fully saturated rings. The van der Waals surface area contributed by atoms with Gasteiger partial charge in [-0.05, 0) is 32.0 Å². The molecule has 2 aromatic rings. The molecule has 0 spiro atoms. The van der Waals surface area contributed by atoms with E-state index in [1.54, 1.807) is 11.5 Å². The van der Waals surface area contributed by atoms with Crippen LogP contribution in [0.25, 0.3) is 5.69 Å². The number of ether oxygens (including phenoxy) is 1. The average molecular weight is 285 g/mol. The van der Waals surface area contributed by atoms with Crippen LogP contribution in [0.4, 0.5) is 0 Å². The summed E-state index contributed by atoms with van der Waals surface area (Å²) in [6.45, 7) is 3.71. The topological polar surface area (TPSA) is 65.4 Å². The van der Waals surface area contributed by atoms with Crippen molar-refractivity contribution < 1.29 is 19.1 Å². The number of carbonyl (C=O) groups is 3.